The van der Waals surface area contributed by atoms with Crippen LogP contribution in [0.15, 0.2) is 47.8 Å². The number of nitrogens with one attached hydrogen (secondary N) is 1. The molecule has 0 fully saturated rings. The maximum atomic E-state index is 10.4. The molecular weight excluding hydrogens is 364 g/mol. The van der Waals surface area contributed by atoms with Gasteiger partial charge < -0.3 is 24.6 Å². The summed E-state index contributed by atoms with van der Waals surface area (Å²) < 4.78 is 16.2. The first-order chi connectivity index (χ1) is 13.2. The minimum Gasteiger partial charge on any atom is -0.497 e. The maximum Gasteiger partial charge on any atom is 0.226 e. The van der Waals surface area contributed by atoms with E-state index >= 15 is 0 Å². The van der Waals surface area contributed by atoms with Gasteiger partial charge in [0.15, 0.2) is 5.13 Å². The fraction of sp³-hybridized carbons (Fsp3) is 0.150. The Morgan fingerprint density at radius 2 is 2.00 bits per heavy atom. The topological polar surface area (TPSA) is 72.8 Å². The third-order valence-electron chi connectivity index (χ3n) is 4.18. The zero-order valence-electron chi connectivity index (χ0n) is 14.8. The highest BCUT2D eigenvalue weighted by atomic mass is 32.1. The molecule has 1 unspecified atom stereocenters. The van der Waals surface area contributed by atoms with Crippen molar-refractivity contribution >= 4 is 33.8 Å². The second kappa shape index (κ2) is 7.30. The number of aromatic nitrogens is 1. The summed E-state index contributed by atoms with van der Waals surface area (Å²) in [7, 11) is 3.22. The summed E-state index contributed by atoms with van der Waals surface area (Å²) in [6.45, 7) is 0. The van der Waals surface area contributed by atoms with E-state index in [0.29, 0.717) is 27.9 Å². The molecule has 0 bridgehead atoms. The van der Waals surface area contributed by atoms with Crippen molar-refractivity contribution < 1.29 is 19.3 Å². The lowest BCUT2D eigenvalue weighted by molar-refractivity contribution is 0.0316. The van der Waals surface area contributed by atoms with E-state index in [1.807, 2.05) is 47.9 Å². The largest absolute Gasteiger partial charge is 0.497 e. The summed E-state index contributed by atoms with van der Waals surface area (Å²) in [6.07, 6.45) is 0.788. The van der Waals surface area contributed by atoms with E-state index in [0.717, 1.165) is 17.0 Å². The number of rotatable bonds is 5. The van der Waals surface area contributed by atoms with Gasteiger partial charge in [-0.15, -0.1) is 11.3 Å². The molecule has 7 heteroatoms. The number of hydrogen-bond acceptors (Lipinski definition) is 7. The molecule has 27 heavy (non-hydrogen) atoms. The molecule has 4 rings (SSSR count). The monoisotopic (exact) mass is 382 g/mol. The Hall–Kier alpha value is -3.03. The van der Waals surface area contributed by atoms with Crippen molar-refractivity contribution in [2.24, 2.45) is 0 Å². The number of anilines is 2. The predicted octanol–water partition coefficient (Wildman–Crippen LogP) is 4.16. The van der Waals surface area contributed by atoms with Gasteiger partial charge in [0.2, 0.25) is 6.29 Å². The van der Waals surface area contributed by atoms with E-state index in [-0.39, 0.29) is 0 Å². The molecule has 3 aromatic rings. The van der Waals surface area contributed by atoms with Crippen LogP contribution in [-0.4, -0.2) is 30.6 Å². The van der Waals surface area contributed by atoms with Crippen LogP contribution in [0.3, 0.4) is 0 Å². The van der Waals surface area contributed by atoms with Gasteiger partial charge in [-0.25, -0.2) is 4.98 Å². The van der Waals surface area contributed by atoms with Crippen molar-refractivity contribution in [2.45, 2.75) is 6.29 Å². The molecule has 1 atom stereocenters. The Morgan fingerprint density at radius 1 is 1.15 bits per heavy atom. The number of aliphatic hydroxyl groups excluding tert-OH is 1. The molecule has 2 heterocycles. The van der Waals surface area contributed by atoms with Crippen LogP contribution in [0.1, 0.15) is 11.3 Å². The van der Waals surface area contributed by atoms with Gasteiger partial charge in [0.05, 0.1) is 25.6 Å². The first-order valence-electron chi connectivity index (χ1n) is 8.28. The second-order valence-corrected chi connectivity index (χ2v) is 6.69. The Bertz CT molecular complexity index is 999. The lowest BCUT2D eigenvalue weighted by Gasteiger charge is -2.22. The Kier molecular flexibility index (Phi) is 4.70. The van der Waals surface area contributed by atoms with E-state index in [9.17, 15) is 5.11 Å². The van der Waals surface area contributed by atoms with Crippen LogP contribution in [0.25, 0.3) is 11.6 Å². The first-order valence-corrected chi connectivity index (χ1v) is 9.16. The normalized spacial score (nSPS) is 15.4. The smallest absolute Gasteiger partial charge is 0.226 e. The molecule has 0 amide bonds. The van der Waals surface area contributed by atoms with Crippen molar-refractivity contribution in [3.05, 3.63) is 59.1 Å². The van der Waals surface area contributed by atoms with Crippen molar-refractivity contribution in [3.8, 4) is 17.2 Å². The molecule has 1 aliphatic rings. The van der Waals surface area contributed by atoms with Crippen molar-refractivity contribution in [1.82, 2.24) is 4.98 Å². The van der Waals surface area contributed by atoms with Crippen LogP contribution in [0.5, 0.6) is 17.2 Å². The zero-order valence-corrected chi connectivity index (χ0v) is 15.6. The van der Waals surface area contributed by atoms with Gasteiger partial charge in [0, 0.05) is 22.6 Å². The first kappa shape index (κ1) is 17.4. The van der Waals surface area contributed by atoms with E-state index < -0.39 is 6.29 Å². The number of fused-ring (bicyclic) bond motifs is 1. The number of benzene rings is 2. The average molecular weight is 382 g/mol. The highest BCUT2D eigenvalue weighted by Gasteiger charge is 2.24. The molecule has 0 saturated carbocycles. The van der Waals surface area contributed by atoms with Crippen molar-refractivity contribution in [2.75, 3.05) is 19.5 Å². The Morgan fingerprint density at radius 3 is 2.81 bits per heavy atom. The predicted molar refractivity (Wildman–Crippen MR) is 106 cm³/mol. The molecule has 138 valence electrons. The lowest BCUT2D eigenvalue weighted by atomic mass is 10.0. The Balaban J connectivity index is 1.61. The number of methoxy groups -OCH3 is 2. The average Bonchev–Trinajstić information content (AvgIpc) is 3.15. The third kappa shape index (κ3) is 3.47. The van der Waals surface area contributed by atoms with Gasteiger partial charge in [0.1, 0.15) is 17.2 Å². The Labute approximate surface area is 160 Å². The van der Waals surface area contributed by atoms with Crippen LogP contribution in [0.4, 0.5) is 10.8 Å². The molecule has 0 spiro atoms. The summed E-state index contributed by atoms with van der Waals surface area (Å²) in [4.78, 5) is 4.58. The molecule has 1 aliphatic heterocycles. The number of nitrogens with zero attached hydrogens (tertiary/aromatic N) is 1. The second-order valence-electron chi connectivity index (χ2n) is 5.84. The van der Waals surface area contributed by atoms with Crippen LogP contribution < -0.4 is 19.5 Å². The maximum absolute atomic E-state index is 10.4. The molecule has 1 aromatic heterocycles. The van der Waals surface area contributed by atoms with Gasteiger partial charge in [-0.3, -0.25) is 0 Å². The summed E-state index contributed by atoms with van der Waals surface area (Å²) in [5, 5.41) is 16.2. The van der Waals surface area contributed by atoms with E-state index in [2.05, 4.69) is 10.3 Å². The fourth-order valence-electron chi connectivity index (χ4n) is 2.81. The molecule has 2 aromatic carbocycles. The number of thiazole rings is 1. The van der Waals surface area contributed by atoms with Crippen LogP contribution >= 0.6 is 11.3 Å². The van der Waals surface area contributed by atoms with Gasteiger partial charge in [0.25, 0.3) is 0 Å². The highest BCUT2D eigenvalue weighted by Crippen LogP contribution is 2.37. The number of hydrogen-bond donors (Lipinski definition) is 2. The standard InChI is InChI=1S/C20H18N2O4S/c1-24-13-8-7-12-9-14(19(23)26-18(12)10-13)16-11-27-20(22-16)21-15-5-3-4-6-17(15)25-2/h3-11,19,23H,1-2H3,(H,21,22). The van der Waals surface area contributed by atoms with Crippen molar-refractivity contribution in [1.29, 1.82) is 0 Å². The third-order valence-corrected chi connectivity index (χ3v) is 4.94. The minimum atomic E-state index is -1.09. The van der Waals surface area contributed by atoms with E-state index in [4.69, 9.17) is 14.2 Å². The molecular formula is C20H18N2O4S. The summed E-state index contributed by atoms with van der Waals surface area (Å²) in [5.41, 5.74) is 2.96. The molecule has 0 aliphatic carbocycles. The molecule has 0 radical (unpaired) electrons. The minimum absolute atomic E-state index is 0.577. The SMILES string of the molecule is COc1ccc2c(c1)OC(O)C(c1csc(Nc3ccccc3OC)n1)=C2. The van der Waals surface area contributed by atoms with Gasteiger partial charge in [-0.2, -0.15) is 0 Å². The summed E-state index contributed by atoms with van der Waals surface area (Å²) in [5.74, 6) is 1.99. The number of aliphatic hydroxyl groups is 1. The van der Waals surface area contributed by atoms with Crippen molar-refractivity contribution in [3.63, 3.8) is 0 Å². The molecule has 0 saturated heterocycles. The number of para-hydroxylation sites is 2. The molecule has 6 nitrogen and oxygen atoms in total. The quantitative estimate of drug-likeness (QED) is 0.690. The highest BCUT2D eigenvalue weighted by molar-refractivity contribution is 7.13. The summed E-state index contributed by atoms with van der Waals surface area (Å²) >= 11 is 1.44. The van der Waals surface area contributed by atoms with Gasteiger partial charge in [-0.1, -0.05) is 12.1 Å². The van der Waals surface area contributed by atoms with Crippen LogP contribution in [-0.2, 0) is 0 Å². The van der Waals surface area contributed by atoms with Crippen LogP contribution in [0.2, 0.25) is 0 Å². The lowest BCUT2D eigenvalue weighted by Crippen LogP contribution is -2.21. The van der Waals surface area contributed by atoms with Crippen LogP contribution in [0, 0.1) is 0 Å². The number of ether oxygens (including phenoxy) is 3. The van der Waals surface area contributed by atoms with Gasteiger partial charge >= 0.3 is 0 Å². The molecule has 2 N–H and O–H groups in total. The summed E-state index contributed by atoms with van der Waals surface area (Å²) in [6, 6.07) is 13.1. The van der Waals surface area contributed by atoms with E-state index in [1.54, 1.807) is 20.3 Å². The zero-order chi connectivity index (χ0) is 18.8. The van der Waals surface area contributed by atoms with Gasteiger partial charge in [-0.05, 0) is 30.3 Å². The fourth-order valence-corrected chi connectivity index (χ4v) is 3.54. The van der Waals surface area contributed by atoms with E-state index in [1.165, 1.54) is 11.3 Å².